The van der Waals surface area contributed by atoms with Crippen molar-refractivity contribution in [1.82, 2.24) is 15.2 Å². The topological polar surface area (TPSA) is 74.4 Å². The molecule has 2 aromatic rings. The fourth-order valence-corrected chi connectivity index (χ4v) is 3.63. The van der Waals surface area contributed by atoms with E-state index >= 15 is 0 Å². The van der Waals surface area contributed by atoms with E-state index in [-0.39, 0.29) is 30.2 Å². The summed E-state index contributed by atoms with van der Waals surface area (Å²) in [5.41, 5.74) is 3.53. The summed E-state index contributed by atoms with van der Waals surface area (Å²) in [4.78, 5) is 29.6. The monoisotopic (exact) mass is 357 g/mol. The Bertz CT molecular complexity index is 799. The zero-order valence-corrected chi connectivity index (χ0v) is 15.7. The Morgan fingerprint density at radius 2 is 2.27 bits per heavy atom. The average molecular weight is 357 g/mol. The second kappa shape index (κ2) is 7.91. The highest BCUT2D eigenvalue weighted by Gasteiger charge is 2.36. The van der Waals surface area contributed by atoms with E-state index in [2.05, 4.69) is 35.4 Å². The summed E-state index contributed by atoms with van der Waals surface area (Å²) in [7, 11) is 1.62. The van der Waals surface area contributed by atoms with Gasteiger partial charge in [-0.3, -0.25) is 9.59 Å². The molecule has 0 radical (unpaired) electrons. The number of carbonyl (C=O) groups is 2. The molecule has 0 aliphatic carbocycles. The molecule has 0 bridgehead atoms. The van der Waals surface area contributed by atoms with Gasteiger partial charge in [-0.05, 0) is 38.0 Å². The number of aryl methyl sites for hydroxylation is 1. The van der Waals surface area contributed by atoms with E-state index in [1.807, 2.05) is 13.1 Å². The third-order valence-electron chi connectivity index (χ3n) is 5.09. The summed E-state index contributed by atoms with van der Waals surface area (Å²) in [6.45, 7) is 5.55. The van der Waals surface area contributed by atoms with Crippen LogP contribution in [-0.4, -0.2) is 54.5 Å². The lowest BCUT2D eigenvalue weighted by molar-refractivity contribution is -0.130. The van der Waals surface area contributed by atoms with Gasteiger partial charge in [-0.25, -0.2) is 0 Å². The normalized spacial score (nSPS) is 18.5. The number of nitrogens with zero attached hydrogens (tertiary/aromatic N) is 1. The Labute approximate surface area is 153 Å². The molecule has 26 heavy (non-hydrogen) atoms. The molecular formula is C20H27N3O3. The number of methoxy groups -OCH3 is 1. The fraction of sp³-hybridized carbons (Fsp3) is 0.500. The molecule has 1 fully saturated rings. The molecular weight excluding hydrogens is 330 g/mol. The number of hydrogen-bond acceptors (Lipinski definition) is 3. The highest BCUT2D eigenvalue weighted by molar-refractivity contribution is 5.89. The van der Waals surface area contributed by atoms with Crippen LogP contribution < -0.4 is 5.32 Å². The van der Waals surface area contributed by atoms with Crippen LogP contribution in [0.4, 0.5) is 0 Å². The van der Waals surface area contributed by atoms with Crippen molar-refractivity contribution in [3.8, 4) is 0 Å². The van der Waals surface area contributed by atoms with Crippen molar-refractivity contribution < 1.29 is 14.3 Å². The quantitative estimate of drug-likeness (QED) is 0.796. The number of aromatic nitrogens is 1. The minimum absolute atomic E-state index is 0.000222. The first kappa shape index (κ1) is 18.5. The first-order valence-corrected chi connectivity index (χ1v) is 9.12. The fourth-order valence-electron chi connectivity index (χ4n) is 3.63. The van der Waals surface area contributed by atoms with Crippen molar-refractivity contribution in [2.75, 3.05) is 26.8 Å². The maximum absolute atomic E-state index is 12.4. The Hall–Kier alpha value is -2.34. The number of H-pyrrole nitrogens is 1. The number of hydrogen-bond donors (Lipinski definition) is 2. The molecule has 140 valence electrons. The van der Waals surface area contributed by atoms with Crippen molar-refractivity contribution in [3.05, 3.63) is 35.5 Å². The zero-order valence-electron chi connectivity index (χ0n) is 15.7. The van der Waals surface area contributed by atoms with Crippen LogP contribution in [-0.2, 0) is 20.7 Å². The Balaban J connectivity index is 1.53. The van der Waals surface area contributed by atoms with Gasteiger partial charge in [0.1, 0.15) is 0 Å². The van der Waals surface area contributed by atoms with Gasteiger partial charge >= 0.3 is 0 Å². The molecule has 1 aromatic carbocycles. The molecule has 0 saturated carbocycles. The Morgan fingerprint density at radius 3 is 3.04 bits per heavy atom. The Kier molecular flexibility index (Phi) is 5.61. The van der Waals surface area contributed by atoms with Gasteiger partial charge in [0.25, 0.3) is 0 Å². The first-order chi connectivity index (χ1) is 12.5. The van der Waals surface area contributed by atoms with E-state index in [4.69, 9.17) is 4.74 Å². The van der Waals surface area contributed by atoms with Gasteiger partial charge in [-0.2, -0.15) is 0 Å². The molecule has 1 aliphatic heterocycles. The van der Waals surface area contributed by atoms with Gasteiger partial charge in [0.2, 0.25) is 11.8 Å². The molecule has 2 atom stereocenters. The van der Waals surface area contributed by atoms with Gasteiger partial charge in [-0.1, -0.05) is 11.6 Å². The lowest BCUT2D eigenvalue weighted by Gasteiger charge is -2.23. The minimum Gasteiger partial charge on any atom is -0.383 e. The maximum Gasteiger partial charge on any atom is 0.225 e. The second-order valence-corrected chi connectivity index (χ2v) is 7.16. The standard InChI is InChI=1S/C20H27N3O3/c1-13-4-5-18-17(8-13)15(10-22-18)6-7-21-20(25)16-9-19(24)23(11-16)14(2)12-26-3/h4-5,8,10,14,16,22H,6-7,9,11-12H2,1-3H3,(H,21,25)/t14-,16-/m0/s1. The van der Waals surface area contributed by atoms with Gasteiger partial charge in [0.05, 0.1) is 18.6 Å². The van der Waals surface area contributed by atoms with Crippen LogP contribution in [0.15, 0.2) is 24.4 Å². The Morgan fingerprint density at radius 1 is 1.46 bits per heavy atom. The number of fused-ring (bicyclic) bond motifs is 1. The number of amides is 2. The van der Waals surface area contributed by atoms with Crippen molar-refractivity contribution in [2.45, 2.75) is 32.7 Å². The lowest BCUT2D eigenvalue weighted by Crippen LogP contribution is -2.39. The molecule has 1 saturated heterocycles. The molecule has 0 unspecified atom stereocenters. The average Bonchev–Trinajstić information content (AvgIpc) is 3.19. The van der Waals surface area contributed by atoms with Gasteiger partial charge < -0.3 is 19.9 Å². The number of benzene rings is 1. The van der Waals surface area contributed by atoms with Crippen LogP contribution in [0.5, 0.6) is 0 Å². The lowest BCUT2D eigenvalue weighted by atomic mass is 10.1. The van der Waals surface area contributed by atoms with Gasteiger partial charge in [-0.15, -0.1) is 0 Å². The van der Waals surface area contributed by atoms with Crippen LogP contribution in [0.2, 0.25) is 0 Å². The van der Waals surface area contributed by atoms with Crippen LogP contribution in [0.3, 0.4) is 0 Å². The minimum atomic E-state index is -0.271. The van der Waals surface area contributed by atoms with Crippen LogP contribution in [0, 0.1) is 12.8 Å². The largest absolute Gasteiger partial charge is 0.383 e. The molecule has 2 amide bonds. The number of likely N-dealkylation sites (tertiary alicyclic amines) is 1. The number of rotatable bonds is 7. The van der Waals surface area contributed by atoms with Crippen LogP contribution in [0.25, 0.3) is 10.9 Å². The van der Waals surface area contributed by atoms with E-state index < -0.39 is 0 Å². The highest BCUT2D eigenvalue weighted by Crippen LogP contribution is 2.22. The van der Waals surface area contributed by atoms with Gasteiger partial charge in [0.15, 0.2) is 0 Å². The molecule has 2 heterocycles. The summed E-state index contributed by atoms with van der Waals surface area (Å²) < 4.78 is 5.11. The third-order valence-corrected chi connectivity index (χ3v) is 5.09. The van der Waals surface area contributed by atoms with Crippen LogP contribution in [0.1, 0.15) is 24.5 Å². The van der Waals surface area contributed by atoms with E-state index in [0.29, 0.717) is 19.7 Å². The van der Waals surface area contributed by atoms with Crippen LogP contribution >= 0.6 is 0 Å². The second-order valence-electron chi connectivity index (χ2n) is 7.16. The number of aromatic amines is 1. The van der Waals surface area contributed by atoms with E-state index in [1.54, 1.807) is 12.0 Å². The number of ether oxygens (including phenoxy) is 1. The smallest absolute Gasteiger partial charge is 0.225 e. The number of carbonyl (C=O) groups excluding carboxylic acids is 2. The maximum atomic E-state index is 12.4. The molecule has 2 N–H and O–H groups in total. The summed E-state index contributed by atoms with van der Waals surface area (Å²) in [5, 5.41) is 4.19. The molecule has 3 rings (SSSR count). The van der Waals surface area contributed by atoms with Gasteiger partial charge in [0, 0.05) is 43.7 Å². The predicted octanol–water partition coefficient (Wildman–Crippen LogP) is 2.02. The van der Waals surface area contributed by atoms with Crippen molar-refractivity contribution in [3.63, 3.8) is 0 Å². The third kappa shape index (κ3) is 3.90. The molecule has 1 aliphatic rings. The van der Waals surface area contributed by atoms with Crippen molar-refractivity contribution >= 4 is 22.7 Å². The SMILES string of the molecule is COC[C@H](C)N1C[C@@H](C(=O)NCCc2c[nH]c3ccc(C)cc23)CC1=O. The molecule has 0 spiro atoms. The molecule has 6 nitrogen and oxygen atoms in total. The zero-order chi connectivity index (χ0) is 18.7. The summed E-state index contributed by atoms with van der Waals surface area (Å²) >= 11 is 0. The summed E-state index contributed by atoms with van der Waals surface area (Å²) in [6.07, 6.45) is 3.05. The first-order valence-electron chi connectivity index (χ1n) is 9.12. The molecule has 1 aromatic heterocycles. The predicted molar refractivity (Wildman–Crippen MR) is 101 cm³/mol. The van der Waals surface area contributed by atoms with Crippen molar-refractivity contribution in [1.29, 1.82) is 0 Å². The molecule has 6 heteroatoms. The van der Waals surface area contributed by atoms with E-state index in [9.17, 15) is 9.59 Å². The highest BCUT2D eigenvalue weighted by atomic mass is 16.5. The summed E-state index contributed by atoms with van der Waals surface area (Å²) in [6, 6.07) is 6.32. The van der Waals surface area contributed by atoms with E-state index in [1.165, 1.54) is 16.5 Å². The van der Waals surface area contributed by atoms with Crippen molar-refractivity contribution in [2.24, 2.45) is 5.92 Å². The van der Waals surface area contributed by atoms with E-state index in [0.717, 1.165) is 11.9 Å². The summed E-state index contributed by atoms with van der Waals surface area (Å²) in [5.74, 6) is -0.282. The number of nitrogens with one attached hydrogen (secondary N) is 2.